The van der Waals surface area contributed by atoms with Crippen molar-refractivity contribution >= 4 is 35.4 Å². The number of carbonyl (C=O) groups excluding carboxylic acids is 2. The molecular formula is C41H54Cl2N4O4. The molecule has 1 aliphatic rings. The second-order valence-electron chi connectivity index (χ2n) is 11.8. The lowest BCUT2D eigenvalue weighted by molar-refractivity contribution is 0.0812. The number of rotatable bonds is 9. The van der Waals surface area contributed by atoms with Gasteiger partial charge in [0.05, 0.1) is 26.3 Å². The predicted octanol–water partition coefficient (Wildman–Crippen LogP) is 9.71. The summed E-state index contributed by atoms with van der Waals surface area (Å²) < 4.78 is 9.43. The van der Waals surface area contributed by atoms with E-state index < -0.39 is 0 Å². The van der Waals surface area contributed by atoms with Crippen molar-refractivity contribution in [1.29, 1.82) is 0 Å². The molecule has 2 N–H and O–H groups in total. The number of halogens is 2. The van der Waals surface area contributed by atoms with Crippen LogP contribution < -0.4 is 5.73 Å². The summed E-state index contributed by atoms with van der Waals surface area (Å²) in [7, 11) is 2.84. The van der Waals surface area contributed by atoms with E-state index in [0.29, 0.717) is 13.1 Å². The summed E-state index contributed by atoms with van der Waals surface area (Å²) in [6, 6.07) is 36.2. The van der Waals surface area contributed by atoms with Crippen LogP contribution in [0.1, 0.15) is 68.5 Å². The Bertz CT molecular complexity index is 1530. The number of piperazine rings is 1. The molecule has 0 bridgehead atoms. The molecule has 4 aromatic rings. The topological polar surface area (TPSA) is 88.3 Å². The fourth-order valence-corrected chi connectivity index (χ4v) is 5.92. The van der Waals surface area contributed by atoms with Gasteiger partial charge in [-0.05, 0) is 59.4 Å². The minimum Gasteiger partial charge on any atom is -0.453 e. The first-order valence-corrected chi connectivity index (χ1v) is 17.7. The Labute approximate surface area is 315 Å². The van der Waals surface area contributed by atoms with Crippen molar-refractivity contribution < 1.29 is 19.1 Å². The van der Waals surface area contributed by atoms with Crippen molar-refractivity contribution in [3.63, 3.8) is 0 Å². The highest BCUT2D eigenvalue weighted by Crippen LogP contribution is 2.30. The second kappa shape index (κ2) is 23.4. The third kappa shape index (κ3) is 13.9. The smallest absolute Gasteiger partial charge is 0.409 e. The fourth-order valence-electron chi connectivity index (χ4n) is 5.67. The highest BCUT2D eigenvalue weighted by molar-refractivity contribution is 6.30. The highest BCUT2D eigenvalue weighted by Gasteiger charge is 2.28. The maximum atomic E-state index is 11.7. The number of nitrogens with zero attached hydrogens (tertiary/aromatic N) is 3. The maximum Gasteiger partial charge on any atom is 0.409 e. The standard InChI is InChI=1S/C19H21ClN2O2.C13H12ClN.C8H17NO2.CH4/c1-24-19(23)22-13-11-21(12-14-22)18(15-5-3-2-4-6-15)16-7-9-17(20)10-8-16;14-12-8-6-11(7-9-12)13(15)10-4-2-1-3-5-10;1-4-6-9(7-5-2)8(10)11-3;/h2-10,18H,11-14H2,1H3;1-9,13H,15H2;4-7H2,1-3H3;1H4. The maximum absolute atomic E-state index is 11.7. The molecular weight excluding hydrogens is 683 g/mol. The van der Waals surface area contributed by atoms with E-state index in [1.807, 2.05) is 86.6 Å². The van der Waals surface area contributed by atoms with E-state index in [9.17, 15) is 9.59 Å². The van der Waals surface area contributed by atoms with Crippen molar-refractivity contribution in [2.45, 2.75) is 46.2 Å². The van der Waals surface area contributed by atoms with E-state index >= 15 is 0 Å². The predicted molar refractivity (Wildman–Crippen MR) is 211 cm³/mol. The molecule has 2 atom stereocenters. The quantitative estimate of drug-likeness (QED) is 0.184. The lowest BCUT2D eigenvalue weighted by Crippen LogP contribution is -2.49. The van der Waals surface area contributed by atoms with Gasteiger partial charge < -0.3 is 25.0 Å². The molecule has 10 heteroatoms. The summed E-state index contributed by atoms with van der Waals surface area (Å²) in [6.07, 6.45) is 1.50. The van der Waals surface area contributed by atoms with Crippen LogP contribution in [0.15, 0.2) is 109 Å². The molecule has 1 heterocycles. The first kappa shape index (κ1) is 43.1. The molecule has 276 valence electrons. The third-order valence-corrected chi connectivity index (χ3v) is 8.72. The van der Waals surface area contributed by atoms with Crippen LogP contribution in [-0.2, 0) is 9.47 Å². The minimum atomic E-state index is -0.252. The van der Waals surface area contributed by atoms with E-state index in [-0.39, 0.29) is 31.7 Å². The van der Waals surface area contributed by atoms with Gasteiger partial charge in [0.25, 0.3) is 0 Å². The average Bonchev–Trinajstić information content (AvgIpc) is 3.16. The van der Waals surface area contributed by atoms with Crippen LogP contribution in [0, 0.1) is 0 Å². The van der Waals surface area contributed by atoms with E-state index in [4.69, 9.17) is 33.7 Å². The average molecular weight is 738 g/mol. The zero-order valence-electron chi connectivity index (χ0n) is 29.5. The normalized spacial score (nSPS) is 13.5. The molecule has 0 aromatic heterocycles. The van der Waals surface area contributed by atoms with Gasteiger partial charge in [0, 0.05) is 49.3 Å². The molecule has 51 heavy (non-hydrogen) atoms. The number of amides is 2. The molecule has 0 saturated carbocycles. The Morgan fingerprint density at radius 1 is 0.667 bits per heavy atom. The van der Waals surface area contributed by atoms with Crippen molar-refractivity contribution in [2.75, 3.05) is 53.5 Å². The summed E-state index contributed by atoms with van der Waals surface area (Å²) in [5.41, 5.74) is 10.8. The number of carbonyl (C=O) groups is 2. The summed E-state index contributed by atoms with van der Waals surface area (Å²) in [6.45, 7) is 8.62. The van der Waals surface area contributed by atoms with Gasteiger partial charge in [-0.1, -0.05) is 129 Å². The number of nitrogens with two attached hydrogens (primary N) is 1. The Morgan fingerprint density at radius 3 is 1.51 bits per heavy atom. The molecule has 1 saturated heterocycles. The van der Waals surface area contributed by atoms with E-state index in [1.54, 1.807) is 9.80 Å². The summed E-state index contributed by atoms with van der Waals surface area (Å²) in [5.74, 6) is 0. The number of ether oxygens (including phenoxy) is 2. The van der Waals surface area contributed by atoms with Crippen LogP contribution >= 0.6 is 23.2 Å². The van der Waals surface area contributed by atoms with Gasteiger partial charge in [-0.2, -0.15) is 0 Å². The van der Waals surface area contributed by atoms with Gasteiger partial charge in [0.2, 0.25) is 0 Å². The van der Waals surface area contributed by atoms with Crippen LogP contribution in [0.3, 0.4) is 0 Å². The summed E-state index contributed by atoms with van der Waals surface area (Å²) in [4.78, 5) is 28.6. The minimum absolute atomic E-state index is 0. The second-order valence-corrected chi connectivity index (χ2v) is 12.6. The van der Waals surface area contributed by atoms with Gasteiger partial charge >= 0.3 is 12.2 Å². The monoisotopic (exact) mass is 736 g/mol. The van der Waals surface area contributed by atoms with Gasteiger partial charge in [-0.3, -0.25) is 4.90 Å². The Kier molecular flexibility index (Phi) is 19.8. The van der Waals surface area contributed by atoms with Gasteiger partial charge in [-0.25, -0.2) is 9.59 Å². The molecule has 0 aliphatic carbocycles. The fraction of sp³-hybridized carbons (Fsp3) is 0.366. The molecule has 5 rings (SSSR count). The van der Waals surface area contributed by atoms with Crippen LogP contribution in [0.2, 0.25) is 10.0 Å². The van der Waals surface area contributed by atoms with Gasteiger partial charge in [0.15, 0.2) is 0 Å². The molecule has 1 aliphatic heterocycles. The first-order valence-electron chi connectivity index (χ1n) is 17.0. The Balaban J connectivity index is 0.000000287. The molecule has 1 fully saturated rings. The summed E-state index contributed by atoms with van der Waals surface area (Å²) in [5, 5.41) is 1.47. The van der Waals surface area contributed by atoms with E-state index in [1.165, 1.54) is 25.3 Å². The van der Waals surface area contributed by atoms with Crippen LogP contribution in [-0.4, -0.2) is 80.4 Å². The van der Waals surface area contributed by atoms with Crippen molar-refractivity contribution in [1.82, 2.24) is 14.7 Å². The number of benzene rings is 4. The Morgan fingerprint density at radius 2 is 1.08 bits per heavy atom. The molecule has 0 spiro atoms. The molecule has 2 amide bonds. The third-order valence-electron chi connectivity index (χ3n) is 8.22. The molecule has 0 radical (unpaired) electrons. The lowest BCUT2D eigenvalue weighted by Gasteiger charge is -2.39. The molecule has 8 nitrogen and oxygen atoms in total. The van der Waals surface area contributed by atoms with Crippen LogP contribution in [0.5, 0.6) is 0 Å². The lowest BCUT2D eigenvalue weighted by atomic mass is 9.96. The van der Waals surface area contributed by atoms with Crippen molar-refractivity contribution in [2.24, 2.45) is 5.73 Å². The molecule has 4 aromatic carbocycles. The van der Waals surface area contributed by atoms with Crippen LogP contribution in [0.25, 0.3) is 0 Å². The van der Waals surface area contributed by atoms with E-state index in [0.717, 1.165) is 60.2 Å². The van der Waals surface area contributed by atoms with Gasteiger partial charge in [-0.15, -0.1) is 0 Å². The number of methoxy groups -OCH3 is 2. The van der Waals surface area contributed by atoms with Crippen molar-refractivity contribution in [3.05, 3.63) is 141 Å². The van der Waals surface area contributed by atoms with Crippen molar-refractivity contribution in [3.8, 4) is 0 Å². The highest BCUT2D eigenvalue weighted by atomic mass is 35.5. The zero-order chi connectivity index (χ0) is 36.3. The number of hydrogen-bond acceptors (Lipinski definition) is 6. The molecule has 2 unspecified atom stereocenters. The first-order chi connectivity index (χ1) is 24.2. The van der Waals surface area contributed by atoms with E-state index in [2.05, 4.69) is 46.0 Å². The Hall–Kier alpha value is -4.08. The van der Waals surface area contributed by atoms with Gasteiger partial charge in [0.1, 0.15) is 0 Å². The SMILES string of the molecule is C.CCCN(CCC)C(=O)OC.COC(=O)N1CCN(C(c2ccccc2)c2ccc(Cl)cc2)CC1.NC(c1ccccc1)c1ccc(Cl)cc1. The summed E-state index contributed by atoms with van der Waals surface area (Å²) >= 11 is 11.9. The largest absolute Gasteiger partial charge is 0.453 e. The number of hydrogen-bond donors (Lipinski definition) is 1. The van der Waals surface area contributed by atoms with Crippen LogP contribution in [0.4, 0.5) is 9.59 Å². The zero-order valence-corrected chi connectivity index (χ0v) is 31.0.